The van der Waals surface area contributed by atoms with E-state index in [4.69, 9.17) is 9.47 Å². The van der Waals surface area contributed by atoms with Gasteiger partial charge in [-0.05, 0) is 48.9 Å². The Hall–Kier alpha value is -3.64. The lowest BCUT2D eigenvalue weighted by atomic mass is 9.91. The van der Waals surface area contributed by atoms with Gasteiger partial charge in [0.2, 0.25) is 15.9 Å². The van der Waals surface area contributed by atoms with Crippen molar-refractivity contribution in [3.05, 3.63) is 48.0 Å². The molecule has 1 unspecified atom stereocenters. The Morgan fingerprint density at radius 3 is 2.19 bits per heavy atom. The van der Waals surface area contributed by atoms with E-state index in [0.29, 0.717) is 35.8 Å². The van der Waals surface area contributed by atoms with E-state index in [1.54, 1.807) is 39.0 Å². The summed E-state index contributed by atoms with van der Waals surface area (Å²) in [4.78, 5) is 39.3. The maximum atomic E-state index is 13.2. The second kappa shape index (κ2) is 10.5. The Morgan fingerprint density at radius 1 is 1.03 bits per heavy atom. The third-order valence-electron chi connectivity index (χ3n) is 6.02. The number of imide groups is 1. The van der Waals surface area contributed by atoms with E-state index in [2.05, 4.69) is 10.6 Å². The van der Waals surface area contributed by atoms with Gasteiger partial charge < -0.3 is 20.1 Å². The van der Waals surface area contributed by atoms with Crippen molar-refractivity contribution in [2.24, 2.45) is 0 Å². The first-order valence-electron chi connectivity index (χ1n) is 11.3. The van der Waals surface area contributed by atoms with E-state index in [1.807, 2.05) is 0 Å². The van der Waals surface area contributed by atoms with Crippen molar-refractivity contribution in [3.63, 3.8) is 0 Å². The molecular formula is C24H30N4O7S. The molecule has 3 rings (SSSR count). The van der Waals surface area contributed by atoms with Gasteiger partial charge in [-0.25, -0.2) is 13.2 Å². The molecule has 4 amide bonds. The highest BCUT2D eigenvalue weighted by Gasteiger charge is 2.49. The average molecular weight is 519 g/mol. The van der Waals surface area contributed by atoms with E-state index in [9.17, 15) is 22.8 Å². The highest BCUT2D eigenvalue weighted by molar-refractivity contribution is 7.89. The van der Waals surface area contributed by atoms with Gasteiger partial charge in [0.25, 0.3) is 5.91 Å². The standard InChI is InChI=1S/C24H30N4O7S/c1-6-27(7-2)36(32,33)18-11-9-17(10-12-18)25-21(29)15-28-22(30)24(3,26-23(28)31)16-8-13-19(34-4)20(14-16)35-5/h8-14H,6-7,15H2,1-5H3,(H,25,29)(H,26,31). The Morgan fingerprint density at radius 2 is 1.64 bits per heavy atom. The first-order chi connectivity index (χ1) is 17.0. The highest BCUT2D eigenvalue weighted by Crippen LogP contribution is 2.35. The smallest absolute Gasteiger partial charge is 0.325 e. The van der Waals surface area contributed by atoms with E-state index in [-0.39, 0.29) is 4.90 Å². The lowest BCUT2D eigenvalue weighted by Gasteiger charge is -2.23. The lowest BCUT2D eigenvalue weighted by molar-refractivity contribution is -0.133. The lowest BCUT2D eigenvalue weighted by Crippen LogP contribution is -2.42. The van der Waals surface area contributed by atoms with E-state index < -0.39 is 40.0 Å². The van der Waals surface area contributed by atoms with Crippen LogP contribution in [0, 0.1) is 0 Å². The molecule has 0 radical (unpaired) electrons. The summed E-state index contributed by atoms with van der Waals surface area (Å²) in [5.41, 5.74) is -0.614. The predicted molar refractivity (Wildman–Crippen MR) is 132 cm³/mol. The number of sulfonamides is 1. The molecule has 1 saturated heterocycles. The van der Waals surface area contributed by atoms with Crippen LogP contribution in [-0.2, 0) is 25.2 Å². The maximum Gasteiger partial charge on any atom is 0.325 e. The second-order valence-corrected chi connectivity index (χ2v) is 10.1. The van der Waals surface area contributed by atoms with Crippen molar-refractivity contribution in [1.29, 1.82) is 0 Å². The maximum absolute atomic E-state index is 13.2. The molecule has 36 heavy (non-hydrogen) atoms. The van der Waals surface area contributed by atoms with Crippen LogP contribution in [0.25, 0.3) is 0 Å². The molecule has 1 fully saturated rings. The Balaban J connectivity index is 1.72. The molecule has 2 N–H and O–H groups in total. The highest BCUT2D eigenvalue weighted by atomic mass is 32.2. The van der Waals surface area contributed by atoms with Crippen molar-refractivity contribution in [2.75, 3.05) is 39.2 Å². The average Bonchev–Trinajstić information content (AvgIpc) is 3.08. The third kappa shape index (κ3) is 5.00. The van der Waals surface area contributed by atoms with Crippen molar-refractivity contribution in [2.45, 2.75) is 31.2 Å². The Kier molecular flexibility index (Phi) is 7.89. The SMILES string of the molecule is CCN(CC)S(=O)(=O)c1ccc(NC(=O)CN2C(=O)NC(C)(c3ccc(OC)c(OC)c3)C2=O)cc1. The van der Waals surface area contributed by atoms with Crippen LogP contribution in [0.5, 0.6) is 11.5 Å². The molecule has 1 atom stereocenters. The number of hydrogen-bond acceptors (Lipinski definition) is 7. The number of carbonyl (C=O) groups is 3. The zero-order valence-electron chi connectivity index (χ0n) is 20.8. The number of benzene rings is 2. The largest absolute Gasteiger partial charge is 0.493 e. The summed E-state index contributed by atoms with van der Waals surface area (Å²) in [6.45, 7) is 5.20. The van der Waals surface area contributed by atoms with Gasteiger partial charge in [0, 0.05) is 18.8 Å². The number of nitrogens with zero attached hydrogens (tertiary/aromatic N) is 2. The number of methoxy groups -OCH3 is 2. The van der Waals surface area contributed by atoms with Gasteiger partial charge in [-0.2, -0.15) is 4.31 Å². The predicted octanol–water partition coefficient (Wildman–Crippen LogP) is 2.14. The first-order valence-corrected chi connectivity index (χ1v) is 12.7. The quantitative estimate of drug-likeness (QED) is 0.460. The molecule has 11 nitrogen and oxygen atoms in total. The van der Waals surface area contributed by atoms with Crippen LogP contribution in [0.1, 0.15) is 26.3 Å². The fourth-order valence-electron chi connectivity index (χ4n) is 3.95. The van der Waals surface area contributed by atoms with E-state index in [0.717, 1.165) is 4.90 Å². The molecule has 1 aliphatic heterocycles. The van der Waals surface area contributed by atoms with E-state index in [1.165, 1.54) is 42.8 Å². The van der Waals surface area contributed by atoms with Gasteiger partial charge >= 0.3 is 6.03 Å². The Bertz CT molecular complexity index is 1260. The van der Waals surface area contributed by atoms with Crippen LogP contribution in [0.2, 0.25) is 0 Å². The fraction of sp³-hybridized carbons (Fsp3) is 0.375. The number of carbonyl (C=O) groups excluding carboxylic acids is 3. The molecule has 0 aliphatic carbocycles. The minimum Gasteiger partial charge on any atom is -0.493 e. The molecule has 12 heteroatoms. The van der Waals surface area contributed by atoms with Crippen LogP contribution in [0.3, 0.4) is 0 Å². The van der Waals surface area contributed by atoms with Gasteiger partial charge in [0.05, 0.1) is 19.1 Å². The summed E-state index contributed by atoms with van der Waals surface area (Å²) in [6, 6.07) is 9.83. The zero-order valence-corrected chi connectivity index (χ0v) is 21.6. The molecule has 0 spiro atoms. The molecule has 0 aromatic heterocycles. The Labute approximate surface area is 210 Å². The second-order valence-electron chi connectivity index (χ2n) is 8.18. The van der Waals surface area contributed by atoms with Crippen molar-refractivity contribution >= 4 is 33.6 Å². The van der Waals surface area contributed by atoms with Gasteiger partial charge in [-0.15, -0.1) is 0 Å². The van der Waals surface area contributed by atoms with Crippen molar-refractivity contribution in [3.8, 4) is 11.5 Å². The zero-order chi connectivity index (χ0) is 26.7. The van der Waals surface area contributed by atoms with Crippen LogP contribution in [0.15, 0.2) is 47.4 Å². The summed E-state index contributed by atoms with van der Waals surface area (Å²) < 4.78 is 37.1. The molecule has 1 aliphatic rings. The number of nitrogens with one attached hydrogen (secondary N) is 2. The van der Waals surface area contributed by atoms with E-state index >= 15 is 0 Å². The number of amides is 4. The van der Waals surface area contributed by atoms with Gasteiger partial charge in [0.1, 0.15) is 12.1 Å². The molecule has 1 heterocycles. The first kappa shape index (κ1) is 27.0. The minimum atomic E-state index is -3.63. The number of anilines is 1. The van der Waals surface area contributed by atoms with Crippen LogP contribution >= 0.6 is 0 Å². The molecule has 0 saturated carbocycles. The minimum absolute atomic E-state index is 0.101. The number of ether oxygens (including phenoxy) is 2. The number of rotatable bonds is 10. The van der Waals surface area contributed by atoms with Crippen LogP contribution < -0.4 is 20.1 Å². The van der Waals surface area contributed by atoms with Gasteiger partial charge in [-0.1, -0.05) is 19.9 Å². The summed E-state index contributed by atoms with van der Waals surface area (Å²) in [5, 5.41) is 5.23. The monoisotopic (exact) mass is 518 g/mol. The molecule has 2 aromatic rings. The van der Waals surface area contributed by atoms with Crippen molar-refractivity contribution < 1.29 is 32.3 Å². The normalized spacial score (nSPS) is 17.8. The summed E-state index contributed by atoms with van der Waals surface area (Å²) in [6.07, 6.45) is 0. The molecule has 0 bridgehead atoms. The van der Waals surface area contributed by atoms with Gasteiger partial charge in [0.15, 0.2) is 11.5 Å². The van der Waals surface area contributed by atoms with Crippen LogP contribution in [0.4, 0.5) is 10.5 Å². The third-order valence-corrected chi connectivity index (χ3v) is 8.08. The van der Waals surface area contributed by atoms with Crippen molar-refractivity contribution in [1.82, 2.24) is 14.5 Å². The van der Waals surface area contributed by atoms with Crippen LogP contribution in [-0.4, -0.2) is 69.3 Å². The molecule has 194 valence electrons. The molecule has 2 aromatic carbocycles. The number of urea groups is 1. The summed E-state index contributed by atoms with van der Waals surface area (Å²) >= 11 is 0. The summed E-state index contributed by atoms with van der Waals surface area (Å²) in [7, 11) is -0.685. The molecular weight excluding hydrogens is 488 g/mol. The number of hydrogen-bond donors (Lipinski definition) is 2. The van der Waals surface area contributed by atoms with Gasteiger partial charge in [-0.3, -0.25) is 14.5 Å². The summed E-state index contributed by atoms with van der Waals surface area (Å²) in [5.74, 6) is -0.361. The topological polar surface area (TPSA) is 134 Å². The fourth-order valence-corrected chi connectivity index (χ4v) is 5.41.